The van der Waals surface area contributed by atoms with E-state index in [1.807, 2.05) is 12.1 Å². The largest absolute Gasteiger partial charge is 0.385 e. The lowest BCUT2D eigenvalue weighted by Gasteiger charge is -2.29. The Morgan fingerprint density at radius 3 is 3.04 bits per heavy atom. The third-order valence-corrected chi connectivity index (χ3v) is 4.25. The van der Waals surface area contributed by atoms with E-state index in [-0.39, 0.29) is 17.9 Å². The van der Waals surface area contributed by atoms with Crippen LogP contribution in [0.1, 0.15) is 24.0 Å². The van der Waals surface area contributed by atoms with Crippen molar-refractivity contribution in [3.63, 3.8) is 0 Å². The highest BCUT2D eigenvalue weighted by Crippen LogP contribution is 2.32. The van der Waals surface area contributed by atoms with Crippen molar-refractivity contribution in [2.24, 2.45) is 5.11 Å². The molecule has 2 aliphatic rings. The number of piperidine rings is 1. The molecule has 1 fully saturated rings. The maximum absolute atomic E-state index is 12.0. The van der Waals surface area contributed by atoms with Crippen LogP contribution in [0.5, 0.6) is 0 Å². The lowest BCUT2D eigenvalue weighted by atomic mass is 10.0. The number of nitrogens with zero attached hydrogens (tertiary/aromatic N) is 4. The van der Waals surface area contributed by atoms with Gasteiger partial charge in [0.25, 0.3) is 0 Å². The second-order valence-corrected chi connectivity index (χ2v) is 5.70. The number of benzene rings is 1. The summed E-state index contributed by atoms with van der Waals surface area (Å²) in [6, 6.07) is 5.77. The van der Waals surface area contributed by atoms with Gasteiger partial charge in [-0.2, -0.15) is 0 Å². The standard InChI is InChI=1S/C15H18N6O2/c16-20-18-7-6-17-12-3-1-2-10-8-21(9-11(10)12)13-4-5-14(22)19-15(13)23/h1-3,13,17H,4-9H2,(H,19,22,23). The van der Waals surface area contributed by atoms with Crippen LogP contribution in [0.25, 0.3) is 10.4 Å². The van der Waals surface area contributed by atoms with Gasteiger partial charge < -0.3 is 5.32 Å². The van der Waals surface area contributed by atoms with E-state index >= 15 is 0 Å². The summed E-state index contributed by atoms with van der Waals surface area (Å²) >= 11 is 0. The number of hydrogen-bond donors (Lipinski definition) is 2. The maximum Gasteiger partial charge on any atom is 0.243 e. The zero-order valence-electron chi connectivity index (χ0n) is 12.7. The highest BCUT2D eigenvalue weighted by molar-refractivity contribution is 6.00. The molecular weight excluding hydrogens is 296 g/mol. The summed E-state index contributed by atoms with van der Waals surface area (Å²) in [6.07, 6.45) is 0.957. The molecule has 8 heteroatoms. The average molecular weight is 314 g/mol. The second-order valence-electron chi connectivity index (χ2n) is 5.70. The first-order valence-corrected chi connectivity index (χ1v) is 7.62. The lowest BCUT2D eigenvalue weighted by Crippen LogP contribution is -2.50. The van der Waals surface area contributed by atoms with Gasteiger partial charge in [0.1, 0.15) is 0 Å². The van der Waals surface area contributed by atoms with E-state index in [9.17, 15) is 9.59 Å². The van der Waals surface area contributed by atoms with Crippen molar-refractivity contribution in [3.8, 4) is 0 Å². The number of carbonyl (C=O) groups is 2. The summed E-state index contributed by atoms with van der Waals surface area (Å²) in [4.78, 5) is 28.2. The number of rotatable bonds is 5. The first kappa shape index (κ1) is 15.3. The zero-order chi connectivity index (χ0) is 16.2. The van der Waals surface area contributed by atoms with E-state index in [0.717, 1.165) is 11.3 Å². The van der Waals surface area contributed by atoms with Gasteiger partial charge in [-0.1, -0.05) is 17.2 Å². The van der Waals surface area contributed by atoms with Gasteiger partial charge in [-0.3, -0.25) is 19.8 Å². The van der Waals surface area contributed by atoms with E-state index in [0.29, 0.717) is 39.0 Å². The molecule has 1 aromatic rings. The lowest BCUT2D eigenvalue weighted by molar-refractivity contribution is -0.137. The molecule has 2 aliphatic heterocycles. The van der Waals surface area contributed by atoms with Gasteiger partial charge in [-0.05, 0) is 29.1 Å². The van der Waals surface area contributed by atoms with Gasteiger partial charge >= 0.3 is 0 Å². The van der Waals surface area contributed by atoms with Crippen molar-refractivity contribution in [2.45, 2.75) is 32.0 Å². The van der Waals surface area contributed by atoms with E-state index in [2.05, 4.69) is 31.6 Å². The molecule has 120 valence electrons. The number of fused-ring (bicyclic) bond motifs is 1. The van der Waals surface area contributed by atoms with Crippen LogP contribution in [0.4, 0.5) is 5.69 Å². The highest BCUT2D eigenvalue weighted by Gasteiger charge is 2.35. The Hall–Kier alpha value is -2.57. The van der Waals surface area contributed by atoms with Crippen molar-refractivity contribution in [3.05, 3.63) is 39.8 Å². The van der Waals surface area contributed by atoms with Gasteiger partial charge in [0, 0.05) is 43.2 Å². The molecule has 23 heavy (non-hydrogen) atoms. The quantitative estimate of drug-likeness (QED) is 0.282. The Morgan fingerprint density at radius 2 is 2.26 bits per heavy atom. The molecule has 0 aliphatic carbocycles. The fraction of sp³-hybridized carbons (Fsp3) is 0.467. The first-order valence-electron chi connectivity index (χ1n) is 7.62. The molecule has 0 aromatic heterocycles. The van der Waals surface area contributed by atoms with Crippen molar-refractivity contribution in [1.82, 2.24) is 10.2 Å². The van der Waals surface area contributed by atoms with Crippen LogP contribution in [0, 0.1) is 0 Å². The predicted molar refractivity (Wildman–Crippen MR) is 84.4 cm³/mol. The summed E-state index contributed by atoms with van der Waals surface area (Å²) in [6.45, 7) is 2.33. The molecule has 0 spiro atoms. The van der Waals surface area contributed by atoms with Crippen LogP contribution < -0.4 is 10.6 Å². The van der Waals surface area contributed by atoms with Crippen molar-refractivity contribution < 1.29 is 9.59 Å². The van der Waals surface area contributed by atoms with Crippen LogP contribution in [0.15, 0.2) is 23.3 Å². The molecule has 3 rings (SSSR count). The second kappa shape index (κ2) is 6.68. The summed E-state index contributed by atoms with van der Waals surface area (Å²) in [7, 11) is 0. The molecule has 1 aromatic carbocycles. The number of anilines is 1. The van der Waals surface area contributed by atoms with Crippen LogP contribution in [0.2, 0.25) is 0 Å². The molecule has 2 amide bonds. The third-order valence-electron chi connectivity index (χ3n) is 4.25. The Balaban J connectivity index is 1.69. The van der Waals surface area contributed by atoms with E-state index in [1.165, 1.54) is 5.56 Å². The minimum Gasteiger partial charge on any atom is -0.385 e. The molecular formula is C15H18N6O2. The summed E-state index contributed by atoms with van der Waals surface area (Å²) < 4.78 is 0. The zero-order valence-corrected chi connectivity index (χ0v) is 12.7. The van der Waals surface area contributed by atoms with Gasteiger partial charge in [-0.25, -0.2) is 0 Å². The van der Waals surface area contributed by atoms with Gasteiger partial charge in [0.15, 0.2) is 0 Å². The molecule has 8 nitrogen and oxygen atoms in total. The Morgan fingerprint density at radius 1 is 1.39 bits per heavy atom. The molecule has 1 unspecified atom stereocenters. The number of nitrogens with one attached hydrogen (secondary N) is 2. The van der Waals surface area contributed by atoms with Gasteiger partial charge in [0.05, 0.1) is 6.04 Å². The fourth-order valence-electron chi connectivity index (χ4n) is 3.15. The van der Waals surface area contributed by atoms with Crippen LogP contribution in [0.3, 0.4) is 0 Å². The third kappa shape index (κ3) is 3.28. The predicted octanol–water partition coefficient (Wildman–Crippen LogP) is 1.53. The number of imide groups is 1. The number of azide groups is 1. The number of amides is 2. The summed E-state index contributed by atoms with van der Waals surface area (Å²) in [5, 5.41) is 9.20. The van der Waals surface area contributed by atoms with Crippen molar-refractivity contribution in [2.75, 3.05) is 18.4 Å². The highest BCUT2D eigenvalue weighted by atomic mass is 16.2. The van der Waals surface area contributed by atoms with Gasteiger partial charge in [0.2, 0.25) is 11.8 Å². The summed E-state index contributed by atoms with van der Waals surface area (Å²) in [5.41, 5.74) is 11.7. The molecule has 1 atom stereocenters. The van der Waals surface area contributed by atoms with Crippen molar-refractivity contribution in [1.29, 1.82) is 0 Å². The average Bonchev–Trinajstić information content (AvgIpc) is 2.96. The maximum atomic E-state index is 12.0. The minimum absolute atomic E-state index is 0.191. The SMILES string of the molecule is [N-]=[N+]=NCCNc1cccc2c1CN(C1CCC(=O)NC1=O)C2. The topological polar surface area (TPSA) is 110 Å². The fourth-order valence-corrected chi connectivity index (χ4v) is 3.15. The molecule has 0 radical (unpaired) electrons. The molecule has 2 heterocycles. The molecule has 2 N–H and O–H groups in total. The van der Waals surface area contributed by atoms with Gasteiger partial charge in [-0.15, -0.1) is 0 Å². The Bertz CT molecular complexity index is 683. The van der Waals surface area contributed by atoms with E-state index in [4.69, 9.17) is 5.53 Å². The molecule has 0 saturated carbocycles. The summed E-state index contributed by atoms with van der Waals surface area (Å²) in [5.74, 6) is -0.393. The monoisotopic (exact) mass is 314 g/mol. The number of hydrogen-bond acceptors (Lipinski definition) is 5. The van der Waals surface area contributed by atoms with E-state index < -0.39 is 0 Å². The van der Waals surface area contributed by atoms with Crippen LogP contribution in [-0.4, -0.2) is 35.8 Å². The molecule has 0 bridgehead atoms. The Labute approximate surface area is 133 Å². The normalized spacial score (nSPS) is 20.6. The van der Waals surface area contributed by atoms with Crippen molar-refractivity contribution >= 4 is 17.5 Å². The van der Waals surface area contributed by atoms with E-state index in [1.54, 1.807) is 0 Å². The smallest absolute Gasteiger partial charge is 0.243 e. The molecule has 1 saturated heterocycles. The minimum atomic E-state index is -0.254. The van der Waals surface area contributed by atoms with Crippen LogP contribution in [-0.2, 0) is 22.7 Å². The first-order chi connectivity index (χ1) is 11.2. The number of carbonyl (C=O) groups excluding carboxylic acids is 2. The van der Waals surface area contributed by atoms with Crippen LogP contribution >= 0.6 is 0 Å². The Kier molecular flexibility index (Phi) is 4.45.